The van der Waals surface area contributed by atoms with Crippen LogP contribution in [-0.4, -0.2) is 62.6 Å². The second-order valence-electron chi connectivity index (χ2n) is 6.30. The van der Waals surface area contributed by atoms with E-state index in [1.54, 1.807) is 48.6 Å². The topological polar surface area (TPSA) is 109 Å². The monoisotopic (exact) mass is 381 g/mol. The number of hydrogen-bond acceptors (Lipinski definition) is 7. The van der Waals surface area contributed by atoms with Crippen molar-refractivity contribution < 1.29 is 14.0 Å². The number of piperazine rings is 1. The van der Waals surface area contributed by atoms with Crippen molar-refractivity contribution in [1.29, 1.82) is 0 Å². The summed E-state index contributed by atoms with van der Waals surface area (Å²) in [5.74, 6) is 0.691. The molecular weight excluding hydrogens is 362 g/mol. The first-order chi connectivity index (χ1) is 13.6. The van der Waals surface area contributed by atoms with E-state index in [1.807, 2.05) is 4.90 Å². The van der Waals surface area contributed by atoms with Crippen LogP contribution in [0.1, 0.15) is 21.0 Å². The molecule has 1 fully saturated rings. The van der Waals surface area contributed by atoms with Crippen molar-refractivity contribution in [1.82, 2.24) is 24.6 Å². The smallest absolute Gasteiger partial charge is 0.292 e. The molecule has 0 unspecified atom stereocenters. The van der Waals surface area contributed by atoms with E-state index < -0.39 is 5.91 Å². The van der Waals surface area contributed by atoms with Crippen LogP contribution in [0.25, 0.3) is 0 Å². The predicted molar refractivity (Wildman–Crippen MR) is 100 cm³/mol. The number of anilines is 2. The Morgan fingerprint density at radius 3 is 2.54 bits per heavy atom. The van der Waals surface area contributed by atoms with Gasteiger partial charge in [-0.15, -0.1) is 0 Å². The Morgan fingerprint density at radius 2 is 1.86 bits per heavy atom. The number of nitrogens with zero attached hydrogens (tertiary/aromatic N) is 6. The third-order valence-corrected chi connectivity index (χ3v) is 4.49. The summed E-state index contributed by atoms with van der Waals surface area (Å²) in [5.41, 5.74) is 0.279. The second-order valence-corrected chi connectivity index (χ2v) is 6.30. The molecule has 0 radical (unpaired) electrons. The molecular formula is C18H19N7O3. The van der Waals surface area contributed by atoms with E-state index in [9.17, 15) is 9.59 Å². The maximum Gasteiger partial charge on any atom is 0.292 e. The highest BCUT2D eigenvalue weighted by Gasteiger charge is 2.25. The van der Waals surface area contributed by atoms with Gasteiger partial charge >= 0.3 is 0 Å². The van der Waals surface area contributed by atoms with Crippen LogP contribution in [0, 0.1) is 0 Å². The van der Waals surface area contributed by atoms with Crippen molar-refractivity contribution in [2.75, 3.05) is 36.4 Å². The van der Waals surface area contributed by atoms with Crippen molar-refractivity contribution in [3.8, 4) is 0 Å². The average molecular weight is 381 g/mol. The normalized spacial score (nSPS) is 14.2. The predicted octanol–water partition coefficient (Wildman–Crippen LogP) is 1.02. The Labute approximate surface area is 160 Å². The summed E-state index contributed by atoms with van der Waals surface area (Å²) >= 11 is 0. The lowest BCUT2D eigenvalue weighted by Gasteiger charge is -2.34. The van der Waals surface area contributed by atoms with E-state index in [2.05, 4.69) is 20.4 Å². The summed E-state index contributed by atoms with van der Waals surface area (Å²) in [6.07, 6.45) is 4.83. The summed E-state index contributed by atoms with van der Waals surface area (Å²) in [7, 11) is 1.67. The number of carbonyl (C=O) groups excluding carboxylic acids is 2. The van der Waals surface area contributed by atoms with E-state index in [-0.39, 0.29) is 17.4 Å². The largest absolute Gasteiger partial charge is 0.459 e. The minimum atomic E-state index is -0.400. The first kappa shape index (κ1) is 17.7. The third kappa shape index (κ3) is 3.56. The summed E-state index contributed by atoms with van der Waals surface area (Å²) in [6, 6.07) is 6.53. The van der Waals surface area contributed by atoms with E-state index in [0.717, 1.165) is 0 Å². The molecule has 0 aliphatic carbocycles. The fraction of sp³-hybridized carbons (Fsp3) is 0.278. The van der Waals surface area contributed by atoms with E-state index >= 15 is 0 Å². The van der Waals surface area contributed by atoms with Gasteiger partial charge in [0.05, 0.1) is 6.26 Å². The Hall–Kier alpha value is -3.69. The fourth-order valence-corrected chi connectivity index (χ4v) is 3.00. The van der Waals surface area contributed by atoms with Gasteiger partial charge in [-0.05, 0) is 18.2 Å². The molecule has 1 N–H and O–H groups in total. The zero-order valence-corrected chi connectivity index (χ0v) is 15.3. The molecule has 0 atom stereocenters. The maximum absolute atomic E-state index is 12.8. The molecule has 10 nitrogen and oxygen atoms in total. The van der Waals surface area contributed by atoms with Gasteiger partial charge in [0.15, 0.2) is 11.5 Å². The van der Waals surface area contributed by atoms with Gasteiger partial charge in [-0.25, -0.2) is 9.97 Å². The van der Waals surface area contributed by atoms with Crippen LogP contribution in [0.3, 0.4) is 0 Å². The summed E-state index contributed by atoms with van der Waals surface area (Å²) in [4.78, 5) is 37.2. The number of carbonyl (C=O) groups is 2. The molecule has 4 rings (SSSR count). The molecule has 0 bridgehead atoms. The number of nitrogens with one attached hydrogen (secondary N) is 1. The SMILES string of the molecule is Cn1nc(C(=O)N2CCN(c3ncccn3)CC2)cc1NC(=O)c1ccco1. The zero-order valence-electron chi connectivity index (χ0n) is 15.3. The average Bonchev–Trinajstić information content (AvgIpc) is 3.39. The minimum Gasteiger partial charge on any atom is -0.459 e. The van der Waals surface area contributed by atoms with Gasteiger partial charge in [0.1, 0.15) is 5.82 Å². The maximum atomic E-state index is 12.8. The molecule has 3 aromatic heterocycles. The second kappa shape index (κ2) is 7.51. The Bertz CT molecular complexity index is 960. The molecule has 0 saturated carbocycles. The molecule has 1 aliphatic heterocycles. The van der Waals surface area contributed by atoms with Crippen molar-refractivity contribution in [2.45, 2.75) is 0 Å². The molecule has 4 heterocycles. The van der Waals surface area contributed by atoms with Crippen LogP contribution in [0.2, 0.25) is 0 Å². The molecule has 144 valence electrons. The van der Waals surface area contributed by atoms with Crippen molar-refractivity contribution in [3.05, 3.63) is 54.4 Å². The van der Waals surface area contributed by atoms with Crippen LogP contribution < -0.4 is 10.2 Å². The minimum absolute atomic E-state index is 0.178. The number of aryl methyl sites for hydroxylation is 1. The first-order valence-corrected chi connectivity index (χ1v) is 8.82. The van der Waals surface area contributed by atoms with Crippen molar-refractivity contribution in [3.63, 3.8) is 0 Å². The van der Waals surface area contributed by atoms with E-state index in [1.165, 1.54) is 10.9 Å². The number of furan rings is 1. The van der Waals surface area contributed by atoms with Gasteiger partial charge in [-0.3, -0.25) is 14.3 Å². The molecule has 2 amide bonds. The highest BCUT2D eigenvalue weighted by Crippen LogP contribution is 2.16. The van der Waals surface area contributed by atoms with E-state index in [0.29, 0.717) is 37.9 Å². The molecule has 1 aliphatic rings. The lowest BCUT2D eigenvalue weighted by molar-refractivity contribution is 0.0739. The van der Waals surface area contributed by atoms with Gasteiger partial charge in [-0.1, -0.05) is 0 Å². The van der Waals surface area contributed by atoms with Crippen LogP contribution in [-0.2, 0) is 7.05 Å². The van der Waals surface area contributed by atoms with Crippen LogP contribution in [0.5, 0.6) is 0 Å². The third-order valence-electron chi connectivity index (χ3n) is 4.49. The van der Waals surface area contributed by atoms with Crippen LogP contribution in [0.15, 0.2) is 47.3 Å². The highest BCUT2D eigenvalue weighted by atomic mass is 16.3. The number of amides is 2. The summed E-state index contributed by atoms with van der Waals surface area (Å²) in [5, 5.41) is 6.93. The van der Waals surface area contributed by atoms with Gasteiger partial charge in [0.2, 0.25) is 5.95 Å². The van der Waals surface area contributed by atoms with Crippen LogP contribution >= 0.6 is 0 Å². The summed E-state index contributed by atoms with van der Waals surface area (Å²) in [6.45, 7) is 2.37. The van der Waals surface area contributed by atoms with Crippen LogP contribution in [0.4, 0.5) is 11.8 Å². The quantitative estimate of drug-likeness (QED) is 0.718. The standard InChI is InChI=1S/C18H19N7O3/c1-23-15(21-16(26)14-4-2-11-28-14)12-13(22-23)17(27)24-7-9-25(10-8-24)18-19-5-3-6-20-18/h2-6,11-12H,7-10H2,1H3,(H,21,26). The zero-order chi connectivity index (χ0) is 19.5. The molecule has 0 aromatic carbocycles. The Morgan fingerprint density at radius 1 is 1.11 bits per heavy atom. The fourth-order valence-electron chi connectivity index (χ4n) is 3.00. The Balaban J connectivity index is 1.40. The number of hydrogen-bond donors (Lipinski definition) is 1. The first-order valence-electron chi connectivity index (χ1n) is 8.82. The molecule has 1 saturated heterocycles. The lowest BCUT2D eigenvalue weighted by atomic mass is 10.3. The molecule has 3 aromatic rings. The number of aromatic nitrogens is 4. The van der Waals surface area contributed by atoms with Gasteiger partial charge in [0.25, 0.3) is 11.8 Å². The molecule has 28 heavy (non-hydrogen) atoms. The Kier molecular flexibility index (Phi) is 4.75. The van der Waals surface area contributed by atoms with Crippen molar-refractivity contribution in [2.24, 2.45) is 7.05 Å². The number of rotatable bonds is 4. The van der Waals surface area contributed by atoms with Gasteiger partial charge < -0.3 is 19.5 Å². The van der Waals surface area contributed by atoms with Gasteiger partial charge in [-0.2, -0.15) is 5.10 Å². The van der Waals surface area contributed by atoms with Gasteiger partial charge in [0, 0.05) is 51.7 Å². The summed E-state index contributed by atoms with van der Waals surface area (Å²) < 4.78 is 6.53. The van der Waals surface area contributed by atoms with E-state index in [4.69, 9.17) is 4.42 Å². The highest BCUT2D eigenvalue weighted by molar-refractivity contribution is 6.02. The molecule has 10 heteroatoms. The van der Waals surface area contributed by atoms with Crippen molar-refractivity contribution >= 4 is 23.6 Å². The lowest BCUT2D eigenvalue weighted by Crippen LogP contribution is -2.49. The molecule has 0 spiro atoms.